The van der Waals surface area contributed by atoms with Crippen molar-refractivity contribution in [3.05, 3.63) is 243 Å². The van der Waals surface area contributed by atoms with Crippen molar-refractivity contribution in [2.75, 3.05) is 107 Å². The van der Waals surface area contributed by atoms with Gasteiger partial charge in [-0.15, -0.1) is 82.2 Å². The highest BCUT2D eigenvalue weighted by Gasteiger charge is 2.50. The third kappa shape index (κ3) is 19.4. The third-order valence-corrected chi connectivity index (χ3v) is 31.9. The van der Waals surface area contributed by atoms with Gasteiger partial charge in [0.15, 0.2) is 11.3 Å². The molecule has 5 fully saturated rings. The number of halogens is 2. The van der Waals surface area contributed by atoms with Crippen LogP contribution in [-0.2, 0) is 24.9 Å². The summed E-state index contributed by atoms with van der Waals surface area (Å²) in [6.07, 6.45) is 12.3. The minimum atomic E-state index is -1.57. The predicted octanol–water partition coefficient (Wildman–Crippen LogP) is 15.5. The first-order valence-electron chi connectivity index (χ1n) is 45.4. The number of carbonyl (C=O) groups is 5. The summed E-state index contributed by atoms with van der Waals surface area (Å²) >= 11 is 6.44. The van der Waals surface area contributed by atoms with Gasteiger partial charge in [-0.2, -0.15) is 30.6 Å². The molecule has 0 spiro atoms. The summed E-state index contributed by atoms with van der Waals surface area (Å²) in [5.41, 5.74) is 47.4. The van der Waals surface area contributed by atoms with Crippen LogP contribution in [0.3, 0.4) is 0 Å². The molecule has 13 N–H and O–H groups in total. The fourth-order valence-corrected chi connectivity index (χ4v) is 22.6. The van der Waals surface area contributed by atoms with Gasteiger partial charge in [0.2, 0.25) is 0 Å². The molecule has 0 bridgehead atoms. The number of nitrogens with two attached hydrogens (primary N) is 5. The topological polar surface area (TPSA) is 414 Å². The molecule has 0 atom stereocenters. The first-order valence-corrected chi connectivity index (χ1v) is 49.5. The average molecular weight is 1940 g/mol. The molecule has 708 valence electrons. The van der Waals surface area contributed by atoms with Gasteiger partial charge in [-0.1, -0.05) is 147 Å². The number of hydrogen-bond donors (Lipinski definition) is 8. The Morgan fingerprint density at radius 3 is 1.02 bits per heavy atom. The second-order valence-corrected chi connectivity index (χ2v) is 41.4. The first-order chi connectivity index (χ1) is 65.6. The summed E-state index contributed by atoms with van der Waals surface area (Å²) in [7, 11) is 1.85. The largest absolute Gasteiger partial charge is 0.397 e. The molecule has 21 rings (SSSR count). The Morgan fingerprint density at radius 1 is 0.401 bits per heavy atom. The van der Waals surface area contributed by atoms with Crippen LogP contribution in [0.2, 0.25) is 0 Å². The summed E-state index contributed by atoms with van der Waals surface area (Å²) in [6.45, 7) is 30.6. The number of likely N-dealkylation sites (tertiary alicyclic amines) is 5. The number of nitrogen functional groups attached to an aromatic ring is 5. The van der Waals surface area contributed by atoms with Gasteiger partial charge in [-0.05, 0) is 156 Å². The Morgan fingerprint density at radius 2 is 0.708 bits per heavy atom. The lowest BCUT2D eigenvalue weighted by Crippen LogP contribution is -2.60. The molecule has 0 unspecified atom stereocenters. The molecular formula is C100H109F2N25O5S5. The van der Waals surface area contributed by atoms with Gasteiger partial charge in [-0.25, -0.2) is 8.78 Å². The Labute approximate surface area is 811 Å². The van der Waals surface area contributed by atoms with Crippen LogP contribution >= 0.6 is 56.7 Å². The van der Waals surface area contributed by atoms with Crippen LogP contribution in [0.5, 0.6) is 0 Å². The summed E-state index contributed by atoms with van der Waals surface area (Å²) < 4.78 is 32.7. The number of alkyl halides is 2. The summed E-state index contributed by atoms with van der Waals surface area (Å²) in [5.74, 6) is 0.165. The monoisotopic (exact) mass is 1940 g/mol. The molecule has 5 saturated heterocycles. The molecule has 11 aromatic heterocycles. The van der Waals surface area contributed by atoms with Crippen LogP contribution in [0.25, 0.3) is 73.3 Å². The Kier molecular flexibility index (Phi) is 27.6. The van der Waals surface area contributed by atoms with Crippen molar-refractivity contribution in [1.29, 1.82) is 0 Å². The van der Waals surface area contributed by atoms with Crippen molar-refractivity contribution < 1.29 is 32.8 Å². The quantitative estimate of drug-likeness (QED) is 0.0373. The minimum absolute atomic E-state index is 0.00245. The number of nitrogens with one attached hydrogen (secondary N) is 3. The van der Waals surface area contributed by atoms with Gasteiger partial charge in [0.05, 0.1) is 89.3 Å². The Hall–Kier alpha value is -13.1. The van der Waals surface area contributed by atoms with Crippen molar-refractivity contribution in [3.8, 4) is 22.3 Å². The van der Waals surface area contributed by atoms with Gasteiger partial charge < -0.3 is 69.1 Å². The van der Waals surface area contributed by atoms with Crippen LogP contribution in [0.15, 0.2) is 145 Å². The highest BCUT2D eigenvalue weighted by molar-refractivity contribution is 7.23. The highest BCUT2D eigenvalue weighted by Crippen LogP contribution is 2.46. The number of nitrogens with zero attached hydrogens (tertiary/aromatic N) is 17. The summed E-state index contributed by atoms with van der Waals surface area (Å²) in [6, 6.07) is 36.1. The maximum absolute atomic E-state index is 15.5. The molecule has 4 aromatic carbocycles. The second-order valence-electron chi connectivity index (χ2n) is 36.4. The van der Waals surface area contributed by atoms with E-state index in [0.717, 1.165) is 179 Å². The third-order valence-electron chi connectivity index (χ3n) is 26.5. The van der Waals surface area contributed by atoms with Crippen molar-refractivity contribution in [2.45, 2.75) is 132 Å². The number of fused-ring (bicyclic) bond motifs is 5. The van der Waals surface area contributed by atoms with Gasteiger partial charge in [-0.3, -0.25) is 28.7 Å². The minimum Gasteiger partial charge on any atom is -0.397 e. The Balaban J connectivity index is 0.000000119. The van der Waals surface area contributed by atoms with Gasteiger partial charge in [0.25, 0.3) is 29.5 Å². The van der Waals surface area contributed by atoms with Crippen molar-refractivity contribution >= 4 is 166 Å². The number of anilines is 5. The molecular weight excluding hydrogens is 1830 g/mol. The number of thiophene rings is 5. The lowest BCUT2D eigenvalue weighted by atomic mass is 9.87. The molecule has 1 aliphatic carbocycles. The second kappa shape index (κ2) is 39.5. The standard InChI is InChI=1S/C24H21FN4OS.C22H21FN6OS.C19H21N5OS.C18H21N5OS.C17H25N5OS/c1-14-15(2)27-28-22-19(14)20(26)21(31-22)23(30)29-12-24(25,13-29)18-10-8-17(9-11-18)16-6-4-3-5-7-16;1-12-13(2)26-27-20-17(12)18(24)19(31-20)21(30)29-10-22(23,11-29)16-6-4-14(5-7-16)15-8-25-28(3)9-15;1-11-12(2)22-23-18-15(11)16(20)17(26-18)19(25)24-9-14(10-24)21-8-13-6-4-3-5-7-13;1-10-11(2)21-22-17-14(10)15(19)16(25-17)18(24)23-8-13(9-23)20-7-12-5-3-4-6-12;1-9(2)5-6-19-12-7-22(8-12)17(23)15-14(18)13-10(3)11(4)20-21-16(13)24-15/h3-11H,12-13,26H2,1-2H3;4-9H,10-11,24H2,1-3H3;3-7,14,21H,8-10,20H2,1-2H3;3-5,13,20H,6-9,19H2,1-2H3;9,12,19H,5-8,18H2,1-4H3. The molecule has 30 nitrogen and oxygen atoms in total. The smallest absolute Gasteiger partial charge is 0.266 e. The number of amides is 5. The van der Waals surface area contributed by atoms with E-state index in [1.807, 2.05) is 170 Å². The van der Waals surface area contributed by atoms with Crippen LogP contribution in [0, 0.1) is 75.2 Å². The normalized spacial score (nSPS) is 15.5. The van der Waals surface area contributed by atoms with Gasteiger partial charge in [0.1, 0.15) is 48.5 Å². The van der Waals surface area contributed by atoms with E-state index in [-0.39, 0.29) is 55.7 Å². The number of hydrogen-bond acceptors (Lipinski definition) is 29. The fourth-order valence-electron chi connectivity index (χ4n) is 17.3. The molecule has 137 heavy (non-hydrogen) atoms. The predicted molar refractivity (Wildman–Crippen MR) is 544 cm³/mol. The van der Waals surface area contributed by atoms with E-state index < -0.39 is 11.3 Å². The van der Waals surface area contributed by atoms with Crippen LogP contribution in [0.1, 0.15) is 148 Å². The van der Waals surface area contributed by atoms with Crippen LogP contribution < -0.4 is 44.6 Å². The zero-order valence-corrected chi connectivity index (χ0v) is 82.6. The zero-order chi connectivity index (χ0) is 96.9. The number of carbonyl (C=O) groups excluding carboxylic acids is 5. The average Bonchev–Trinajstić information content (AvgIpc) is 1.55. The van der Waals surface area contributed by atoms with Crippen LogP contribution in [-0.4, -0.2) is 211 Å². The summed E-state index contributed by atoms with van der Waals surface area (Å²) in [5, 5.41) is 60.3. The zero-order valence-electron chi connectivity index (χ0n) is 78.5. The lowest BCUT2D eigenvalue weighted by Gasteiger charge is -2.44. The van der Waals surface area contributed by atoms with E-state index in [4.69, 9.17) is 28.7 Å². The van der Waals surface area contributed by atoms with E-state index in [1.165, 1.54) is 77.6 Å². The SMILES string of the molecule is Cc1nnc2sc(C(=O)N3CC(F)(c4ccc(-c5ccccc5)cc4)C3)c(N)c2c1C.Cc1nnc2sc(C(=O)N3CC(F)(c4ccc(-c5cnn(C)c5)cc4)C3)c(N)c2c1C.Cc1nnc2sc(C(=O)N3CC(NCC4=CC=CC4)C3)c(N)c2c1C.Cc1nnc2sc(C(=O)N3CC(NCCC(C)C)C3)c(N)c2c1C.Cc1nnc2sc(C(=O)N3CC(NCc4ccccc4)C3)c(N)c2c1C. The van der Waals surface area contributed by atoms with Gasteiger partial charge in [0, 0.05) is 116 Å². The molecule has 6 aliphatic rings. The maximum Gasteiger partial charge on any atom is 0.266 e. The molecule has 16 heterocycles. The van der Waals surface area contributed by atoms with Gasteiger partial charge >= 0.3 is 0 Å². The highest BCUT2D eigenvalue weighted by atomic mass is 32.1. The molecule has 0 radical (unpaired) electrons. The number of allylic oxidation sites excluding steroid dienone is 3. The van der Waals surface area contributed by atoms with E-state index >= 15 is 8.78 Å². The van der Waals surface area contributed by atoms with Crippen LogP contribution in [0.4, 0.5) is 37.2 Å². The Bertz CT molecular complexity index is 7210. The van der Waals surface area contributed by atoms with Crippen molar-refractivity contribution in [3.63, 3.8) is 0 Å². The van der Waals surface area contributed by atoms with E-state index in [2.05, 4.69) is 116 Å². The molecule has 15 aromatic rings. The lowest BCUT2D eigenvalue weighted by molar-refractivity contribution is -0.0227. The molecule has 37 heteroatoms. The fraction of sp³-hybridized carbons (Fsp3) is 0.340. The van der Waals surface area contributed by atoms with E-state index in [9.17, 15) is 24.0 Å². The van der Waals surface area contributed by atoms with E-state index in [0.29, 0.717) is 111 Å². The number of aromatic nitrogens is 12. The number of rotatable bonds is 19. The molecule has 5 amide bonds. The number of benzene rings is 4. The van der Waals surface area contributed by atoms with Crippen molar-refractivity contribution in [1.82, 2.24) is 101 Å². The maximum atomic E-state index is 15.5. The summed E-state index contributed by atoms with van der Waals surface area (Å²) in [4.78, 5) is 78.9. The molecule has 0 saturated carbocycles. The molecule has 5 aliphatic heterocycles. The first kappa shape index (κ1) is 95.6. The van der Waals surface area contributed by atoms with Crippen molar-refractivity contribution in [2.24, 2.45) is 13.0 Å². The van der Waals surface area contributed by atoms with E-state index in [1.54, 1.807) is 35.1 Å². The number of aryl methyl sites for hydroxylation is 11.